The highest BCUT2D eigenvalue weighted by molar-refractivity contribution is 5.85. The zero-order chi connectivity index (χ0) is 26.9. The fourth-order valence-electron chi connectivity index (χ4n) is 10.1. The molecule has 1 N–H and O–H groups in total. The van der Waals surface area contributed by atoms with Gasteiger partial charge >= 0.3 is 11.9 Å². The molecule has 0 aromatic carbocycles. The first-order valence-electron chi connectivity index (χ1n) is 15.1. The summed E-state index contributed by atoms with van der Waals surface area (Å²) in [5.74, 6) is 0.324. The average molecular weight is 531 g/mol. The van der Waals surface area contributed by atoms with E-state index in [1.807, 2.05) is 0 Å². The number of hydrogen-bond acceptors (Lipinski definition) is 7. The molecule has 5 fully saturated rings. The largest absolute Gasteiger partial charge is 0.462 e. The number of rotatable bonds is 4. The van der Waals surface area contributed by atoms with Crippen LogP contribution in [0.25, 0.3) is 0 Å². The SMILES string of the molecule is CC(=O)O[C@H]1CC2C(CCC3C[C@@H](O[C@H]4CCC[C@H](C)O4)CC[C@@]32C)[C@@]2(O)CC[C@H](C3=CC(=O)OC3)[C@@]12C. The normalized spacial score (nSPS) is 50.3. The highest BCUT2D eigenvalue weighted by atomic mass is 16.7. The van der Waals surface area contributed by atoms with Gasteiger partial charge in [0.1, 0.15) is 12.7 Å². The van der Waals surface area contributed by atoms with Crippen molar-refractivity contribution >= 4 is 11.9 Å². The maximum Gasteiger partial charge on any atom is 0.331 e. The minimum atomic E-state index is -0.944. The van der Waals surface area contributed by atoms with Crippen LogP contribution in [0.2, 0.25) is 0 Å². The Morgan fingerprint density at radius 2 is 1.87 bits per heavy atom. The number of fused-ring (bicyclic) bond motifs is 5. The van der Waals surface area contributed by atoms with Gasteiger partial charge in [-0.15, -0.1) is 0 Å². The van der Waals surface area contributed by atoms with E-state index in [1.54, 1.807) is 6.08 Å². The van der Waals surface area contributed by atoms with E-state index in [0.717, 1.165) is 69.8 Å². The van der Waals surface area contributed by atoms with E-state index >= 15 is 0 Å². The van der Waals surface area contributed by atoms with Gasteiger partial charge < -0.3 is 24.1 Å². The van der Waals surface area contributed by atoms with E-state index in [-0.39, 0.29) is 60.2 Å². The van der Waals surface area contributed by atoms with Gasteiger partial charge in [0.15, 0.2) is 6.29 Å². The zero-order valence-corrected chi connectivity index (χ0v) is 23.6. The molecule has 2 aliphatic heterocycles. The van der Waals surface area contributed by atoms with Crippen LogP contribution in [0.1, 0.15) is 98.3 Å². The van der Waals surface area contributed by atoms with Crippen LogP contribution in [-0.2, 0) is 28.5 Å². The molecule has 6 rings (SSSR count). The van der Waals surface area contributed by atoms with Crippen LogP contribution in [0, 0.1) is 34.5 Å². The number of carbonyl (C=O) groups excluding carboxylic acids is 2. The Labute approximate surface area is 227 Å². The van der Waals surface area contributed by atoms with Crippen molar-refractivity contribution in [3.8, 4) is 0 Å². The molecule has 4 aliphatic carbocycles. The molecule has 212 valence electrons. The predicted octanol–water partition coefficient (Wildman–Crippen LogP) is 5.09. The number of carbonyl (C=O) groups is 2. The van der Waals surface area contributed by atoms with Gasteiger partial charge in [0.2, 0.25) is 0 Å². The quantitative estimate of drug-likeness (QED) is 0.400. The summed E-state index contributed by atoms with van der Waals surface area (Å²) in [7, 11) is 0. The number of esters is 2. The topological polar surface area (TPSA) is 91.3 Å². The molecular formula is C31H46O7. The van der Waals surface area contributed by atoms with Crippen molar-refractivity contribution in [1.82, 2.24) is 0 Å². The van der Waals surface area contributed by atoms with Gasteiger partial charge in [-0.3, -0.25) is 4.79 Å². The molecule has 0 bridgehead atoms. The van der Waals surface area contributed by atoms with Gasteiger partial charge in [0.05, 0.1) is 17.8 Å². The average Bonchev–Trinajstić information content (AvgIpc) is 3.40. The fraction of sp³-hybridized carbons (Fsp3) is 0.871. The third-order valence-corrected chi connectivity index (χ3v) is 12.1. The second-order valence-electron chi connectivity index (χ2n) is 13.8. The van der Waals surface area contributed by atoms with Crippen molar-refractivity contribution in [2.75, 3.05) is 6.61 Å². The van der Waals surface area contributed by atoms with Crippen molar-refractivity contribution in [3.05, 3.63) is 11.6 Å². The summed E-state index contributed by atoms with van der Waals surface area (Å²) in [6.07, 6.45) is 12.3. The van der Waals surface area contributed by atoms with Gasteiger partial charge in [0, 0.05) is 18.4 Å². The van der Waals surface area contributed by atoms with E-state index in [1.165, 1.54) is 6.92 Å². The molecule has 7 nitrogen and oxygen atoms in total. The Hall–Kier alpha value is -1.44. The molecule has 2 heterocycles. The van der Waals surface area contributed by atoms with E-state index < -0.39 is 17.1 Å². The molecule has 1 saturated heterocycles. The number of cyclic esters (lactones) is 1. The lowest BCUT2D eigenvalue weighted by Gasteiger charge is -2.65. The third kappa shape index (κ3) is 4.09. The predicted molar refractivity (Wildman–Crippen MR) is 140 cm³/mol. The van der Waals surface area contributed by atoms with Crippen molar-refractivity contribution < 1.29 is 33.6 Å². The van der Waals surface area contributed by atoms with E-state index in [9.17, 15) is 14.7 Å². The third-order valence-electron chi connectivity index (χ3n) is 12.1. The highest BCUT2D eigenvalue weighted by Gasteiger charge is 2.72. The van der Waals surface area contributed by atoms with Crippen LogP contribution in [-0.4, -0.2) is 53.9 Å². The Morgan fingerprint density at radius 3 is 2.58 bits per heavy atom. The maximum atomic E-state index is 12.7. The molecule has 0 aromatic heterocycles. The van der Waals surface area contributed by atoms with Crippen LogP contribution >= 0.6 is 0 Å². The highest BCUT2D eigenvalue weighted by Crippen LogP contribution is 2.70. The van der Waals surface area contributed by atoms with Gasteiger partial charge in [-0.25, -0.2) is 4.79 Å². The van der Waals surface area contributed by atoms with Crippen LogP contribution < -0.4 is 0 Å². The van der Waals surface area contributed by atoms with E-state index in [2.05, 4.69) is 20.8 Å². The molecule has 3 unspecified atom stereocenters. The summed E-state index contributed by atoms with van der Waals surface area (Å²) in [6, 6.07) is 0. The van der Waals surface area contributed by atoms with E-state index in [0.29, 0.717) is 12.3 Å². The summed E-state index contributed by atoms with van der Waals surface area (Å²) in [4.78, 5) is 24.3. The van der Waals surface area contributed by atoms with Gasteiger partial charge in [-0.2, -0.15) is 0 Å². The summed E-state index contributed by atoms with van der Waals surface area (Å²) in [5.41, 5.74) is -0.567. The van der Waals surface area contributed by atoms with Crippen LogP contribution in [0.15, 0.2) is 11.6 Å². The standard InChI is InChI=1S/C31H46O7/c1-18-6-5-7-28(36-18)38-22-10-12-29(3)21(15-22)8-9-24-25(29)16-26(37-19(2)32)30(4)23(11-13-31(24,30)34)20-14-27(33)35-17-20/h14,18,21-26,28,34H,5-13,15-17H2,1-4H3/t18-,21?,22-,23+,24?,25?,26-,28-,29-,30-,31-/m0/s1. The molecule has 7 heteroatoms. The molecule has 6 aliphatic rings. The molecule has 0 spiro atoms. The van der Waals surface area contributed by atoms with Crippen molar-refractivity contribution in [3.63, 3.8) is 0 Å². The number of hydrogen-bond donors (Lipinski definition) is 1. The van der Waals surface area contributed by atoms with Gasteiger partial charge in [-0.05, 0) is 112 Å². The molecule has 11 atom stereocenters. The number of aliphatic hydroxyl groups is 1. The van der Waals surface area contributed by atoms with Crippen molar-refractivity contribution in [2.45, 2.75) is 129 Å². The minimum absolute atomic E-state index is 0.0307. The molecular weight excluding hydrogens is 484 g/mol. The lowest BCUT2D eigenvalue weighted by Crippen LogP contribution is -2.67. The maximum absolute atomic E-state index is 12.7. The molecule has 0 amide bonds. The van der Waals surface area contributed by atoms with Crippen LogP contribution in [0.3, 0.4) is 0 Å². The van der Waals surface area contributed by atoms with Crippen molar-refractivity contribution in [2.24, 2.45) is 34.5 Å². The first kappa shape index (κ1) is 26.8. The van der Waals surface area contributed by atoms with Gasteiger partial charge in [-0.1, -0.05) is 13.8 Å². The Balaban J connectivity index is 1.26. The smallest absolute Gasteiger partial charge is 0.331 e. The molecule has 0 radical (unpaired) electrons. The van der Waals surface area contributed by atoms with Crippen molar-refractivity contribution in [1.29, 1.82) is 0 Å². The van der Waals surface area contributed by atoms with Gasteiger partial charge in [0.25, 0.3) is 0 Å². The Bertz CT molecular complexity index is 993. The monoisotopic (exact) mass is 530 g/mol. The lowest BCUT2D eigenvalue weighted by atomic mass is 9.42. The van der Waals surface area contributed by atoms with Crippen LogP contribution in [0.5, 0.6) is 0 Å². The lowest BCUT2D eigenvalue weighted by molar-refractivity contribution is -0.259. The molecule has 0 aromatic rings. The zero-order valence-electron chi connectivity index (χ0n) is 23.6. The van der Waals surface area contributed by atoms with E-state index in [4.69, 9.17) is 18.9 Å². The summed E-state index contributed by atoms with van der Waals surface area (Å²) >= 11 is 0. The minimum Gasteiger partial charge on any atom is -0.462 e. The van der Waals surface area contributed by atoms with Crippen LogP contribution in [0.4, 0.5) is 0 Å². The fourth-order valence-corrected chi connectivity index (χ4v) is 10.1. The summed E-state index contributed by atoms with van der Waals surface area (Å²) < 4.78 is 24.0. The summed E-state index contributed by atoms with van der Waals surface area (Å²) in [6.45, 7) is 8.43. The summed E-state index contributed by atoms with van der Waals surface area (Å²) in [5, 5.41) is 12.7. The second-order valence-corrected chi connectivity index (χ2v) is 13.8. The Morgan fingerprint density at radius 1 is 1.05 bits per heavy atom. The number of ether oxygens (including phenoxy) is 4. The first-order valence-corrected chi connectivity index (χ1v) is 15.1. The second kappa shape index (κ2) is 9.59. The molecule has 38 heavy (non-hydrogen) atoms. The molecule has 4 saturated carbocycles. The first-order chi connectivity index (χ1) is 18.0. The Kier molecular flexibility index (Phi) is 6.75.